The van der Waals surface area contributed by atoms with Gasteiger partial charge in [0.2, 0.25) is 0 Å². The summed E-state index contributed by atoms with van der Waals surface area (Å²) in [6.07, 6.45) is 0.681. The van der Waals surface area contributed by atoms with Gasteiger partial charge in [-0.2, -0.15) is 0 Å². The number of rotatable bonds is 8. The van der Waals surface area contributed by atoms with Crippen LogP contribution in [0.15, 0.2) is 84.6 Å². The Labute approximate surface area is 186 Å². The zero-order valence-corrected chi connectivity index (χ0v) is 18.0. The van der Waals surface area contributed by atoms with Gasteiger partial charge >= 0.3 is 0 Å². The van der Waals surface area contributed by atoms with E-state index in [0.717, 1.165) is 5.56 Å². The Balaban J connectivity index is 1.83. The highest BCUT2D eigenvalue weighted by Gasteiger charge is 2.20. The van der Waals surface area contributed by atoms with E-state index < -0.39 is 11.7 Å². The van der Waals surface area contributed by atoms with Gasteiger partial charge in [0.1, 0.15) is 0 Å². The number of carbonyl (C=O) groups is 2. The maximum Gasteiger partial charge on any atom is 0.259 e. The van der Waals surface area contributed by atoms with E-state index in [1.165, 1.54) is 25.3 Å². The minimum atomic E-state index is -0.635. The average Bonchev–Trinajstić information content (AvgIpc) is 2.80. The van der Waals surface area contributed by atoms with E-state index in [2.05, 4.69) is 10.6 Å². The summed E-state index contributed by atoms with van der Waals surface area (Å²) in [7, 11) is 1.30. The fraction of sp³-hybridized carbons (Fsp3) is 0.154. The Morgan fingerprint density at radius 2 is 1.56 bits per heavy atom. The maximum absolute atomic E-state index is 14.0. The second-order valence-electron chi connectivity index (χ2n) is 7.13. The van der Waals surface area contributed by atoms with Gasteiger partial charge in [0.25, 0.3) is 11.8 Å². The van der Waals surface area contributed by atoms with Crippen LogP contribution in [0.1, 0.15) is 28.4 Å². The fourth-order valence-corrected chi connectivity index (χ4v) is 3.37. The van der Waals surface area contributed by atoms with Gasteiger partial charge in [0.15, 0.2) is 11.6 Å². The SMILES string of the molecule is COc1c(F)cccc1C(=O)N/C(C)=C(\C(=O)NCCc1ccccc1)c1ccccc1. The van der Waals surface area contributed by atoms with Gasteiger partial charge in [-0.05, 0) is 36.6 Å². The average molecular weight is 432 g/mol. The number of carbonyl (C=O) groups excluding carboxylic acids is 2. The highest BCUT2D eigenvalue weighted by molar-refractivity contribution is 6.21. The van der Waals surface area contributed by atoms with Gasteiger partial charge < -0.3 is 15.4 Å². The first-order valence-corrected chi connectivity index (χ1v) is 10.2. The Bertz CT molecular complexity index is 1110. The van der Waals surface area contributed by atoms with Crippen LogP contribution in [0.25, 0.3) is 5.57 Å². The molecule has 0 unspecified atom stereocenters. The van der Waals surface area contributed by atoms with Crippen LogP contribution in [0.5, 0.6) is 5.75 Å². The summed E-state index contributed by atoms with van der Waals surface area (Å²) < 4.78 is 19.0. The highest BCUT2D eigenvalue weighted by atomic mass is 19.1. The molecule has 0 aliphatic rings. The van der Waals surface area contributed by atoms with Gasteiger partial charge in [-0.1, -0.05) is 66.7 Å². The predicted molar refractivity (Wildman–Crippen MR) is 123 cm³/mol. The van der Waals surface area contributed by atoms with Gasteiger partial charge in [-0.15, -0.1) is 0 Å². The van der Waals surface area contributed by atoms with Gasteiger partial charge in [0, 0.05) is 12.2 Å². The number of allylic oxidation sites excluding steroid dienone is 1. The number of hydrogen-bond donors (Lipinski definition) is 2. The van der Waals surface area contributed by atoms with Crippen LogP contribution in [-0.4, -0.2) is 25.5 Å². The van der Waals surface area contributed by atoms with Crippen LogP contribution in [0.4, 0.5) is 4.39 Å². The smallest absolute Gasteiger partial charge is 0.259 e. The summed E-state index contributed by atoms with van der Waals surface area (Å²) in [4.78, 5) is 25.9. The van der Waals surface area contributed by atoms with Crippen LogP contribution in [0, 0.1) is 5.82 Å². The molecule has 2 amide bonds. The first kappa shape index (κ1) is 22.7. The molecule has 5 nitrogen and oxygen atoms in total. The Morgan fingerprint density at radius 1 is 0.906 bits per heavy atom. The lowest BCUT2D eigenvalue weighted by Crippen LogP contribution is -2.30. The number of hydrogen-bond acceptors (Lipinski definition) is 3. The molecule has 0 saturated heterocycles. The summed E-state index contributed by atoms with van der Waals surface area (Å²) >= 11 is 0. The van der Waals surface area contributed by atoms with E-state index in [1.807, 2.05) is 48.5 Å². The predicted octanol–water partition coefficient (Wildman–Crippen LogP) is 4.35. The molecule has 0 aliphatic heterocycles. The molecule has 32 heavy (non-hydrogen) atoms. The molecule has 6 heteroatoms. The molecule has 0 aromatic heterocycles. The van der Waals surface area contributed by atoms with Crippen molar-refractivity contribution >= 4 is 17.4 Å². The van der Waals surface area contributed by atoms with E-state index in [4.69, 9.17) is 4.74 Å². The summed E-state index contributed by atoms with van der Waals surface area (Å²) in [5.41, 5.74) is 2.51. The van der Waals surface area contributed by atoms with E-state index in [1.54, 1.807) is 19.1 Å². The number of amides is 2. The molecule has 0 saturated carbocycles. The highest BCUT2D eigenvalue weighted by Crippen LogP contribution is 2.23. The number of ether oxygens (including phenoxy) is 1. The topological polar surface area (TPSA) is 67.4 Å². The molecular weight excluding hydrogens is 407 g/mol. The largest absolute Gasteiger partial charge is 0.493 e. The van der Waals surface area contributed by atoms with Crippen LogP contribution < -0.4 is 15.4 Å². The number of methoxy groups -OCH3 is 1. The van der Waals surface area contributed by atoms with Crippen molar-refractivity contribution in [1.82, 2.24) is 10.6 Å². The minimum absolute atomic E-state index is 0.0451. The zero-order valence-electron chi connectivity index (χ0n) is 18.0. The molecule has 3 rings (SSSR count). The monoisotopic (exact) mass is 432 g/mol. The van der Waals surface area contributed by atoms with E-state index in [9.17, 15) is 14.0 Å². The molecule has 0 radical (unpaired) electrons. The number of para-hydroxylation sites is 1. The molecule has 0 heterocycles. The molecule has 0 atom stereocenters. The molecule has 164 valence electrons. The third-order valence-corrected chi connectivity index (χ3v) is 4.92. The van der Waals surface area contributed by atoms with Gasteiger partial charge in [-0.25, -0.2) is 4.39 Å². The molecule has 3 aromatic carbocycles. The van der Waals surface area contributed by atoms with Crippen LogP contribution in [-0.2, 0) is 11.2 Å². The second-order valence-corrected chi connectivity index (χ2v) is 7.13. The standard InChI is InChI=1S/C26H25FN2O3/c1-18(29-25(30)21-14-9-15-22(27)24(21)32-2)23(20-12-7-4-8-13-20)26(31)28-17-16-19-10-5-3-6-11-19/h3-15H,16-17H2,1-2H3,(H,28,31)(H,29,30)/b23-18-. The Morgan fingerprint density at radius 3 is 2.22 bits per heavy atom. The maximum atomic E-state index is 14.0. The minimum Gasteiger partial charge on any atom is -0.493 e. The molecule has 0 spiro atoms. The molecule has 3 aromatic rings. The van der Waals surface area contributed by atoms with Crippen LogP contribution >= 0.6 is 0 Å². The molecular formula is C26H25FN2O3. The first-order chi connectivity index (χ1) is 15.5. The number of halogens is 1. The van der Waals surface area contributed by atoms with Crippen molar-refractivity contribution in [3.05, 3.63) is 107 Å². The first-order valence-electron chi connectivity index (χ1n) is 10.2. The molecule has 0 aliphatic carbocycles. The Kier molecular flexibility index (Phi) is 7.75. The van der Waals surface area contributed by atoms with Crippen molar-refractivity contribution in [2.45, 2.75) is 13.3 Å². The van der Waals surface area contributed by atoms with Crippen molar-refractivity contribution in [3.63, 3.8) is 0 Å². The van der Waals surface area contributed by atoms with Gasteiger partial charge in [-0.3, -0.25) is 9.59 Å². The van der Waals surface area contributed by atoms with E-state index in [0.29, 0.717) is 29.8 Å². The van der Waals surface area contributed by atoms with Crippen molar-refractivity contribution in [1.29, 1.82) is 0 Å². The van der Waals surface area contributed by atoms with Crippen molar-refractivity contribution in [2.75, 3.05) is 13.7 Å². The van der Waals surface area contributed by atoms with Gasteiger partial charge in [0.05, 0.1) is 18.2 Å². The summed E-state index contributed by atoms with van der Waals surface area (Å²) in [5, 5.41) is 5.64. The summed E-state index contributed by atoms with van der Waals surface area (Å²) in [5.74, 6) is -1.66. The third kappa shape index (κ3) is 5.60. The number of benzene rings is 3. The normalized spacial score (nSPS) is 11.3. The van der Waals surface area contributed by atoms with E-state index >= 15 is 0 Å². The van der Waals surface area contributed by atoms with Crippen molar-refractivity contribution in [3.8, 4) is 5.75 Å². The van der Waals surface area contributed by atoms with Crippen LogP contribution in [0.3, 0.4) is 0 Å². The lowest BCUT2D eigenvalue weighted by atomic mass is 10.0. The molecule has 2 N–H and O–H groups in total. The fourth-order valence-electron chi connectivity index (χ4n) is 3.37. The zero-order chi connectivity index (χ0) is 22.9. The van der Waals surface area contributed by atoms with Crippen molar-refractivity contribution < 1.29 is 18.7 Å². The second kappa shape index (κ2) is 10.9. The van der Waals surface area contributed by atoms with E-state index in [-0.39, 0.29) is 17.2 Å². The molecule has 0 bridgehead atoms. The summed E-state index contributed by atoms with van der Waals surface area (Å²) in [6.45, 7) is 2.08. The van der Waals surface area contributed by atoms with Crippen LogP contribution in [0.2, 0.25) is 0 Å². The summed E-state index contributed by atoms with van der Waals surface area (Å²) in [6, 6.07) is 23.0. The lowest BCUT2D eigenvalue weighted by molar-refractivity contribution is -0.115. The van der Waals surface area contributed by atoms with Crippen molar-refractivity contribution in [2.24, 2.45) is 0 Å². The quantitative estimate of drug-likeness (QED) is 0.520. The number of nitrogens with one attached hydrogen (secondary N) is 2. The molecule has 0 fully saturated rings. The Hall–Kier alpha value is -3.93. The third-order valence-electron chi connectivity index (χ3n) is 4.92. The lowest BCUT2D eigenvalue weighted by Gasteiger charge is -2.15.